The Bertz CT molecular complexity index is 1030. The second-order valence-corrected chi connectivity index (χ2v) is 6.64. The van der Waals surface area contributed by atoms with Gasteiger partial charge in [-0.05, 0) is 43.3 Å². The van der Waals surface area contributed by atoms with Crippen LogP contribution in [0.5, 0.6) is 5.75 Å². The summed E-state index contributed by atoms with van der Waals surface area (Å²) in [6.07, 6.45) is 0. The van der Waals surface area contributed by atoms with E-state index in [1.54, 1.807) is 48.5 Å². The van der Waals surface area contributed by atoms with Gasteiger partial charge in [0.15, 0.2) is 0 Å². The van der Waals surface area contributed by atoms with Crippen LogP contribution in [0.4, 0.5) is 11.4 Å². The quantitative estimate of drug-likeness (QED) is 0.656. The van der Waals surface area contributed by atoms with E-state index in [9.17, 15) is 14.4 Å². The molecule has 0 fully saturated rings. The van der Waals surface area contributed by atoms with Gasteiger partial charge in [-0.2, -0.15) is 0 Å². The van der Waals surface area contributed by atoms with E-state index in [4.69, 9.17) is 18.9 Å². The van der Waals surface area contributed by atoms with Crippen molar-refractivity contribution in [2.45, 2.75) is 6.92 Å². The van der Waals surface area contributed by atoms with Gasteiger partial charge in [0.2, 0.25) is 0 Å². The molecule has 1 aliphatic rings. The number of rotatable bonds is 7. The molecule has 1 aliphatic heterocycles. The summed E-state index contributed by atoms with van der Waals surface area (Å²) in [5.41, 5.74) is 1.19. The molecular weight excluding hydrogens is 416 g/mol. The first-order valence-electron chi connectivity index (χ1n) is 9.88. The summed E-state index contributed by atoms with van der Waals surface area (Å²) in [5.74, 6) is -1.17. The Kier molecular flexibility index (Phi) is 7.45. The molecule has 0 aromatic heterocycles. The Morgan fingerprint density at radius 2 is 1.69 bits per heavy atom. The lowest BCUT2D eigenvalue weighted by Crippen LogP contribution is -2.39. The second-order valence-electron chi connectivity index (χ2n) is 6.64. The van der Waals surface area contributed by atoms with Crippen molar-refractivity contribution in [2.24, 2.45) is 0 Å². The molecule has 0 spiro atoms. The van der Waals surface area contributed by atoms with Crippen LogP contribution in [0, 0.1) is 0 Å². The van der Waals surface area contributed by atoms with Crippen LogP contribution < -0.4 is 15.0 Å². The average molecular weight is 440 g/mol. The lowest BCUT2D eigenvalue weighted by molar-refractivity contribution is -0.140. The lowest BCUT2D eigenvalue weighted by Gasteiger charge is -2.32. The minimum Gasteiger partial charge on any atom is -0.494 e. The van der Waals surface area contributed by atoms with E-state index < -0.39 is 17.8 Å². The van der Waals surface area contributed by atoms with E-state index in [0.717, 1.165) is 0 Å². The third kappa shape index (κ3) is 4.89. The molecule has 1 N–H and O–H groups in total. The van der Waals surface area contributed by atoms with E-state index in [1.165, 1.54) is 19.1 Å². The number of nitrogens with one attached hydrogen (secondary N) is 1. The molecule has 32 heavy (non-hydrogen) atoms. The fourth-order valence-electron chi connectivity index (χ4n) is 3.23. The molecule has 0 atom stereocenters. The minimum atomic E-state index is -0.740. The molecule has 1 amide bonds. The normalized spacial score (nSPS) is 13.4. The Balaban J connectivity index is 1.96. The maximum Gasteiger partial charge on any atom is 0.355 e. The highest BCUT2D eigenvalue weighted by Crippen LogP contribution is 2.30. The maximum absolute atomic E-state index is 13.1. The zero-order valence-electron chi connectivity index (χ0n) is 18.0. The van der Waals surface area contributed by atoms with Crippen LogP contribution in [0.3, 0.4) is 0 Å². The summed E-state index contributed by atoms with van der Waals surface area (Å²) in [6, 6.07) is 13.6. The first-order chi connectivity index (χ1) is 15.5. The van der Waals surface area contributed by atoms with Gasteiger partial charge in [-0.3, -0.25) is 4.79 Å². The summed E-state index contributed by atoms with van der Waals surface area (Å²) >= 11 is 0. The van der Waals surface area contributed by atoms with E-state index >= 15 is 0 Å². The number of carbonyl (C=O) groups excluding carboxylic acids is 3. The second kappa shape index (κ2) is 10.5. The Morgan fingerprint density at radius 1 is 1.00 bits per heavy atom. The van der Waals surface area contributed by atoms with Crippen molar-refractivity contribution in [3.63, 3.8) is 0 Å². The van der Waals surface area contributed by atoms with Crippen molar-refractivity contribution < 1.29 is 33.3 Å². The van der Waals surface area contributed by atoms with Crippen LogP contribution in [-0.4, -0.2) is 52.0 Å². The molecule has 0 unspecified atom stereocenters. The number of methoxy groups -OCH3 is 2. The van der Waals surface area contributed by atoms with Crippen molar-refractivity contribution in [1.29, 1.82) is 0 Å². The van der Waals surface area contributed by atoms with Crippen LogP contribution >= 0.6 is 0 Å². The van der Waals surface area contributed by atoms with Crippen LogP contribution in [0.15, 0.2) is 59.8 Å². The molecule has 0 radical (unpaired) electrons. The molecule has 1 heterocycles. The number of hydrogen-bond acceptors (Lipinski definition) is 8. The number of amides is 1. The maximum atomic E-state index is 13.1. The molecule has 0 saturated heterocycles. The Labute approximate surface area is 185 Å². The van der Waals surface area contributed by atoms with E-state index in [1.807, 2.05) is 6.92 Å². The van der Waals surface area contributed by atoms with Gasteiger partial charge < -0.3 is 29.2 Å². The summed E-state index contributed by atoms with van der Waals surface area (Å²) in [5, 5.41) is 2.82. The summed E-state index contributed by atoms with van der Waals surface area (Å²) in [4.78, 5) is 39.3. The molecule has 9 heteroatoms. The molecule has 9 nitrogen and oxygen atoms in total. The van der Waals surface area contributed by atoms with Crippen molar-refractivity contribution in [3.8, 4) is 5.75 Å². The lowest BCUT2D eigenvalue weighted by atomic mass is 10.1. The van der Waals surface area contributed by atoms with E-state index in [-0.39, 0.29) is 30.2 Å². The van der Waals surface area contributed by atoms with Crippen LogP contribution in [0.2, 0.25) is 0 Å². The highest BCUT2D eigenvalue weighted by Gasteiger charge is 2.34. The van der Waals surface area contributed by atoms with Gasteiger partial charge >= 0.3 is 11.9 Å². The van der Waals surface area contributed by atoms with Crippen LogP contribution in [0.1, 0.15) is 17.3 Å². The molecule has 2 aromatic rings. The zero-order chi connectivity index (χ0) is 23.1. The molecule has 0 aliphatic carbocycles. The van der Waals surface area contributed by atoms with Crippen molar-refractivity contribution in [1.82, 2.24) is 0 Å². The largest absolute Gasteiger partial charge is 0.494 e. The molecular formula is C23H24N2O7. The predicted molar refractivity (Wildman–Crippen MR) is 116 cm³/mol. The number of esters is 2. The van der Waals surface area contributed by atoms with Gasteiger partial charge in [0, 0.05) is 5.69 Å². The number of anilines is 2. The van der Waals surface area contributed by atoms with Gasteiger partial charge in [-0.15, -0.1) is 0 Å². The average Bonchev–Trinajstić information content (AvgIpc) is 2.83. The van der Waals surface area contributed by atoms with Gasteiger partial charge in [-0.1, -0.05) is 12.1 Å². The zero-order valence-corrected chi connectivity index (χ0v) is 18.0. The predicted octanol–water partition coefficient (Wildman–Crippen LogP) is 2.73. The van der Waals surface area contributed by atoms with Crippen molar-refractivity contribution in [3.05, 3.63) is 65.4 Å². The van der Waals surface area contributed by atoms with Gasteiger partial charge in [-0.25, -0.2) is 9.59 Å². The van der Waals surface area contributed by atoms with Gasteiger partial charge in [0.25, 0.3) is 5.91 Å². The smallest absolute Gasteiger partial charge is 0.355 e. The van der Waals surface area contributed by atoms with Crippen LogP contribution in [-0.2, 0) is 23.8 Å². The van der Waals surface area contributed by atoms with Crippen molar-refractivity contribution >= 4 is 29.2 Å². The number of ether oxygens (including phenoxy) is 4. The third-order valence-electron chi connectivity index (χ3n) is 4.70. The fraction of sp³-hybridized carbons (Fsp3) is 0.261. The third-order valence-corrected chi connectivity index (χ3v) is 4.70. The Hall–Kier alpha value is -3.85. The molecule has 0 bridgehead atoms. The van der Waals surface area contributed by atoms with Crippen LogP contribution in [0.25, 0.3) is 0 Å². The van der Waals surface area contributed by atoms with E-state index in [2.05, 4.69) is 5.32 Å². The van der Waals surface area contributed by atoms with Gasteiger partial charge in [0.1, 0.15) is 18.2 Å². The standard InChI is InChI=1S/C23H24N2O7/c1-4-32-16-11-9-15(10-12-16)24-21(26)17-7-5-6-8-19(17)25-14-31-13-18(22(27)29-2)20(25)23(28)30-3/h5-12H,4,13-14H2,1-3H3,(H,24,26). The molecule has 0 saturated carbocycles. The molecule has 3 rings (SSSR count). The number of benzene rings is 2. The minimum absolute atomic E-state index is 0.00678. The first-order valence-corrected chi connectivity index (χ1v) is 9.88. The molecule has 168 valence electrons. The molecule has 2 aromatic carbocycles. The number of nitrogens with zero attached hydrogens (tertiary/aromatic N) is 1. The summed E-state index contributed by atoms with van der Waals surface area (Å²) in [6.45, 7) is 2.26. The van der Waals surface area contributed by atoms with Gasteiger partial charge in [0.05, 0.1) is 44.3 Å². The summed E-state index contributed by atoms with van der Waals surface area (Å²) in [7, 11) is 2.42. The first kappa shape index (κ1) is 22.8. The number of carbonyl (C=O) groups is 3. The summed E-state index contributed by atoms with van der Waals surface area (Å²) < 4.78 is 20.6. The number of para-hydroxylation sites is 1. The Morgan fingerprint density at radius 3 is 2.34 bits per heavy atom. The monoisotopic (exact) mass is 440 g/mol. The highest BCUT2D eigenvalue weighted by atomic mass is 16.5. The highest BCUT2D eigenvalue weighted by molar-refractivity contribution is 6.10. The fourth-order valence-corrected chi connectivity index (χ4v) is 3.23. The van der Waals surface area contributed by atoms with Crippen molar-refractivity contribution in [2.75, 3.05) is 44.4 Å². The topological polar surface area (TPSA) is 103 Å². The SMILES string of the molecule is CCOc1ccc(NC(=O)c2ccccc2N2COCC(C(=O)OC)=C2C(=O)OC)cc1. The number of hydrogen-bond donors (Lipinski definition) is 1. The van der Waals surface area contributed by atoms with E-state index in [0.29, 0.717) is 23.7 Å².